The maximum atomic E-state index is 11.5. The second-order valence-corrected chi connectivity index (χ2v) is 5.16. The lowest BCUT2D eigenvalue weighted by atomic mass is 10.1. The van der Waals surface area contributed by atoms with Crippen molar-refractivity contribution in [2.24, 2.45) is 0 Å². The summed E-state index contributed by atoms with van der Waals surface area (Å²) in [6.07, 6.45) is 0. The van der Waals surface area contributed by atoms with Crippen molar-refractivity contribution >= 4 is 5.97 Å². The van der Waals surface area contributed by atoms with Gasteiger partial charge in [0.25, 0.3) is 0 Å². The van der Waals surface area contributed by atoms with Gasteiger partial charge in [0, 0.05) is 5.56 Å². The van der Waals surface area contributed by atoms with E-state index in [0.29, 0.717) is 16.9 Å². The normalized spacial score (nSPS) is 10.3. The lowest BCUT2D eigenvalue weighted by molar-refractivity contribution is 0.0687. The molecular formula is C18H13N3O2. The number of hydrogen-bond donors (Lipinski definition) is 1. The zero-order chi connectivity index (χ0) is 16.4. The van der Waals surface area contributed by atoms with Crippen molar-refractivity contribution in [3.05, 3.63) is 71.4 Å². The van der Waals surface area contributed by atoms with Crippen LogP contribution in [0.5, 0.6) is 0 Å². The molecule has 0 fully saturated rings. The molecular weight excluding hydrogens is 290 g/mol. The predicted octanol–water partition coefficient (Wildman–Crippen LogP) is 3.42. The first kappa shape index (κ1) is 14.5. The van der Waals surface area contributed by atoms with Crippen molar-refractivity contribution in [2.75, 3.05) is 0 Å². The van der Waals surface area contributed by atoms with Crippen LogP contribution in [-0.4, -0.2) is 20.9 Å². The average molecular weight is 303 g/mol. The van der Waals surface area contributed by atoms with Crippen molar-refractivity contribution in [1.29, 1.82) is 5.26 Å². The van der Waals surface area contributed by atoms with E-state index in [1.807, 2.05) is 37.3 Å². The Labute approximate surface area is 133 Å². The molecule has 0 bridgehead atoms. The lowest BCUT2D eigenvalue weighted by Crippen LogP contribution is -2.07. The van der Waals surface area contributed by atoms with Crippen LogP contribution in [0, 0.1) is 18.3 Å². The Morgan fingerprint density at radius 2 is 1.91 bits per heavy atom. The molecule has 0 aliphatic carbocycles. The van der Waals surface area contributed by atoms with Gasteiger partial charge >= 0.3 is 5.97 Å². The van der Waals surface area contributed by atoms with Gasteiger partial charge in [-0.3, -0.25) is 0 Å². The average Bonchev–Trinajstić information content (AvgIpc) is 3.01. The second kappa shape index (κ2) is 5.78. The highest BCUT2D eigenvalue weighted by Gasteiger charge is 2.16. The van der Waals surface area contributed by atoms with E-state index in [2.05, 4.69) is 5.10 Å². The topological polar surface area (TPSA) is 78.9 Å². The van der Waals surface area contributed by atoms with E-state index in [-0.39, 0.29) is 5.69 Å². The maximum absolute atomic E-state index is 11.5. The number of rotatable bonds is 3. The second-order valence-electron chi connectivity index (χ2n) is 5.16. The van der Waals surface area contributed by atoms with Gasteiger partial charge in [-0.05, 0) is 31.2 Å². The van der Waals surface area contributed by atoms with Crippen LogP contribution in [0.3, 0.4) is 0 Å². The number of carboxylic acid groups (broad SMARTS) is 1. The van der Waals surface area contributed by atoms with Gasteiger partial charge < -0.3 is 5.11 Å². The highest BCUT2D eigenvalue weighted by molar-refractivity contribution is 5.88. The Balaban J connectivity index is 2.14. The number of nitriles is 1. The van der Waals surface area contributed by atoms with E-state index >= 15 is 0 Å². The number of carboxylic acids is 1. The van der Waals surface area contributed by atoms with Gasteiger partial charge in [0.1, 0.15) is 0 Å². The number of hydrogen-bond acceptors (Lipinski definition) is 3. The summed E-state index contributed by atoms with van der Waals surface area (Å²) in [4.78, 5) is 11.5. The summed E-state index contributed by atoms with van der Waals surface area (Å²) in [6.45, 7) is 1.98. The molecule has 3 rings (SSSR count). The highest BCUT2D eigenvalue weighted by Crippen LogP contribution is 2.22. The number of nitrogens with zero attached hydrogens (tertiary/aromatic N) is 3. The Morgan fingerprint density at radius 1 is 1.17 bits per heavy atom. The molecule has 3 aromatic rings. The summed E-state index contributed by atoms with van der Waals surface area (Å²) in [5, 5.41) is 22.8. The molecule has 0 amide bonds. The van der Waals surface area contributed by atoms with Gasteiger partial charge in [-0.25, -0.2) is 9.48 Å². The zero-order valence-electron chi connectivity index (χ0n) is 12.4. The summed E-state index contributed by atoms with van der Waals surface area (Å²) < 4.78 is 1.35. The van der Waals surface area contributed by atoms with E-state index in [9.17, 15) is 9.90 Å². The molecule has 0 spiro atoms. The fraction of sp³-hybridized carbons (Fsp3) is 0.0556. The zero-order valence-corrected chi connectivity index (χ0v) is 12.4. The van der Waals surface area contributed by atoms with Crippen molar-refractivity contribution in [1.82, 2.24) is 9.78 Å². The van der Waals surface area contributed by atoms with E-state index < -0.39 is 5.97 Å². The van der Waals surface area contributed by atoms with Crippen molar-refractivity contribution in [3.8, 4) is 23.0 Å². The van der Waals surface area contributed by atoms with Crippen LogP contribution < -0.4 is 0 Å². The number of aromatic nitrogens is 2. The minimum Gasteiger partial charge on any atom is -0.477 e. The van der Waals surface area contributed by atoms with E-state index in [1.165, 1.54) is 10.7 Å². The van der Waals surface area contributed by atoms with Gasteiger partial charge in [-0.15, -0.1) is 0 Å². The Morgan fingerprint density at radius 3 is 2.57 bits per heavy atom. The standard InChI is InChI=1S/C18H13N3O2/c1-12-5-7-14(8-6-12)16-10-17(18(22)23)21(20-16)15-4-2-3-13(9-15)11-19/h2-10H,1H3,(H,22,23). The van der Waals surface area contributed by atoms with Crippen LogP contribution in [0.15, 0.2) is 54.6 Å². The summed E-state index contributed by atoms with van der Waals surface area (Å²) in [6, 6.07) is 18.0. The number of carbonyl (C=O) groups is 1. The molecule has 112 valence electrons. The van der Waals surface area contributed by atoms with E-state index in [1.54, 1.807) is 24.3 Å². The van der Waals surface area contributed by atoms with Crippen LogP contribution >= 0.6 is 0 Å². The van der Waals surface area contributed by atoms with Crippen molar-refractivity contribution in [2.45, 2.75) is 6.92 Å². The molecule has 0 atom stereocenters. The Hall–Kier alpha value is -3.39. The SMILES string of the molecule is Cc1ccc(-c2cc(C(=O)O)n(-c3cccc(C#N)c3)n2)cc1. The quantitative estimate of drug-likeness (QED) is 0.804. The van der Waals surface area contributed by atoms with E-state index in [0.717, 1.165) is 11.1 Å². The van der Waals surface area contributed by atoms with Gasteiger partial charge in [0.2, 0.25) is 0 Å². The molecule has 0 unspecified atom stereocenters. The number of aromatic carboxylic acids is 1. The molecule has 1 aromatic heterocycles. The summed E-state index contributed by atoms with van der Waals surface area (Å²) >= 11 is 0. The molecule has 0 radical (unpaired) electrons. The van der Waals surface area contributed by atoms with Crippen LogP contribution in [0.1, 0.15) is 21.6 Å². The monoisotopic (exact) mass is 303 g/mol. The van der Waals surface area contributed by atoms with Gasteiger partial charge in [-0.1, -0.05) is 35.9 Å². The molecule has 0 saturated heterocycles. The van der Waals surface area contributed by atoms with E-state index in [4.69, 9.17) is 5.26 Å². The minimum atomic E-state index is -1.07. The number of aryl methyl sites for hydroxylation is 1. The molecule has 1 N–H and O–H groups in total. The lowest BCUT2D eigenvalue weighted by Gasteiger charge is -2.04. The summed E-state index contributed by atoms with van der Waals surface area (Å²) in [7, 11) is 0. The van der Waals surface area contributed by atoms with Crippen molar-refractivity contribution in [3.63, 3.8) is 0 Å². The fourth-order valence-electron chi connectivity index (χ4n) is 2.30. The predicted molar refractivity (Wildman–Crippen MR) is 85.4 cm³/mol. The minimum absolute atomic E-state index is 0.0515. The smallest absolute Gasteiger partial charge is 0.354 e. The molecule has 5 nitrogen and oxygen atoms in total. The van der Waals surface area contributed by atoms with Crippen LogP contribution in [-0.2, 0) is 0 Å². The molecule has 0 aliphatic rings. The largest absolute Gasteiger partial charge is 0.477 e. The van der Waals surface area contributed by atoms with Gasteiger partial charge in [-0.2, -0.15) is 10.4 Å². The Kier molecular flexibility index (Phi) is 3.65. The third kappa shape index (κ3) is 2.83. The molecule has 2 aromatic carbocycles. The van der Waals surface area contributed by atoms with Crippen LogP contribution in [0.25, 0.3) is 16.9 Å². The molecule has 1 heterocycles. The van der Waals surface area contributed by atoms with Crippen molar-refractivity contribution < 1.29 is 9.90 Å². The summed E-state index contributed by atoms with van der Waals surface area (Å²) in [5.41, 5.74) is 3.58. The first-order valence-electron chi connectivity index (χ1n) is 6.99. The first-order chi connectivity index (χ1) is 11.1. The first-order valence-corrected chi connectivity index (χ1v) is 6.99. The third-order valence-electron chi connectivity index (χ3n) is 3.50. The highest BCUT2D eigenvalue weighted by atomic mass is 16.4. The van der Waals surface area contributed by atoms with Gasteiger partial charge in [0.05, 0.1) is 23.0 Å². The molecule has 0 saturated carbocycles. The van der Waals surface area contributed by atoms with Crippen LogP contribution in [0.2, 0.25) is 0 Å². The Bertz CT molecular complexity index is 918. The molecule has 23 heavy (non-hydrogen) atoms. The fourth-order valence-corrected chi connectivity index (χ4v) is 2.30. The van der Waals surface area contributed by atoms with Crippen LogP contribution in [0.4, 0.5) is 0 Å². The third-order valence-corrected chi connectivity index (χ3v) is 3.50. The maximum Gasteiger partial charge on any atom is 0.354 e. The molecule has 0 aliphatic heterocycles. The molecule has 5 heteroatoms. The summed E-state index contributed by atoms with van der Waals surface area (Å²) in [5.74, 6) is -1.07. The number of benzene rings is 2. The van der Waals surface area contributed by atoms with Gasteiger partial charge in [0.15, 0.2) is 5.69 Å².